The molecule has 1 aliphatic rings. The summed E-state index contributed by atoms with van der Waals surface area (Å²) in [5, 5.41) is 0.487. The summed E-state index contributed by atoms with van der Waals surface area (Å²) in [6.45, 7) is 5.28. The van der Waals surface area contributed by atoms with Crippen molar-refractivity contribution in [1.29, 1.82) is 0 Å². The molecule has 1 aromatic carbocycles. The number of aromatic nitrogens is 1. The van der Waals surface area contributed by atoms with Gasteiger partial charge in [-0.1, -0.05) is 18.2 Å². The smallest absolute Gasteiger partial charge is 0.270 e. The maximum Gasteiger partial charge on any atom is 0.270 e. The van der Waals surface area contributed by atoms with Crippen molar-refractivity contribution in [2.75, 3.05) is 38.1 Å². The normalized spacial score (nSPS) is 13.9. The van der Waals surface area contributed by atoms with E-state index in [1.165, 1.54) is 11.0 Å². The lowest BCUT2D eigenvalue weighted by Crippen LogP contribution is -2.50. The molecule has 0 bridgehead atoms. The number of nitrogens with one attached hydrogen (secondary N) is 1. The standard InChI is InChI=1S/C20H21ClN4O3/c1-3-18(26)23(2)16-6-4-14(5-7-16)19(27)24-8-10-25(11-9-24)20(28)17-12-15(21)13-22-17/h3-7,12-13,22H,1,8-11H2,2H3. The fraction of sp³-hybridized carbons (Fsp3) is 0.250. The Kier molecular flexibility index (Phi) is 5.84. The van der Waals surface area contributed by atoms with Gasteiger partial charge in [-0.15, -0.1) is 0 Å². The topological polar surface area (TPSA) is 76.7 Å². The van der Waals surface area contributed by atoms with E-state index in [0.29, 0.717) is 48.1 Å². The van der Waals surface area contributed by atoms with E-state index < -0.39 is 0 Å². The van der Waals surface area contributed by atoms with Gasteiger partial charge in [0.2, 0.25) is 5.91 Å². The van der Waals surface area contributed by atoms with E-state index in [4.69, 9.17) is 11.6 Å². The van der Waals surface area contributed by atoms with Crippen LogP contribution in [0.3, 0.4) is 0 Å². The van der Waals surface area contributed by atoms with E-state index in [9.17, 15) is 14.4 Å². The second-order valence-electron chi connectivity index (χ2n) is 6.46. The molecular formula is C20H21ClN4O3. The molecule has 8 heteroatoms. The number of aromatic amines is 1. The predicted octanol–water partition coefficient (Wildman–Crippen LogP) is 2.42. The van der Waals surface area contributed by atoms with Gasteiger partial charge in [0.25, 0.3) is 11.8 Å². The molecule has 0 atom stereocenters. The molecule has 1 fully saturated rings. The molecule has 3 amide bonds. The van der Waals surface area contributed by atoms with Gasteiger partial charge in [0.05, 0.1) is 5.02 Å². The molecule has 0 unspecified atom stereocenters. The quantitative estimate of drug-likeness (QED) is 0.801. The molecule has 3 rings (SSSR count). The van der Waals surface area contributed by atoms with Crippen LogP contribution in [0.2, 0.25) is 5.02 Å². The van der Waals surface area contributed by atoms with Crippen molar-refractivity contribution in [3.05, 3.63) is 65.5 Å². The third-order valence-corrected chi connectivity index (χ3v) is 4.96. The number of carbonyl (C=O) groups excluding carboxylic acids is 3. The Morgan fingerprint density at radius 1 is 1.07 bits per heavy atom. The Morgan fingerprint density at radius 3 is 2.14 bits per heavy atom. The Bertz CT molecular complexity index is 898. The SMILES string of the molecule is C=CC(=O)N(C)c1ccc(C(=O)N2CCN(C(=O)c3cc(Cl)c[nH]3)CC2)cc1. The Balaban J connectivity index is 1.60. The van der Waals surface area contributed by atoms with Crippen LogP contribution in [0.5, 0.6) is 0 Å². The third-order valence-electron chi connectivity index (χ3n) is 4.74. The molecule has 1 N–H and O–H groups in total. The van der Waals surface area contributed by atoms with Crippen LogP contribution in [0.25, 0.3) is 0 Å². The number of amides is 3. The number of anilines is 1. The van der Waals surface area contributed by atoms with Gasteiger partial charge in [0.15, 0.2) is 0 Å². The number of rotatable bonds is 4. The van der Waals surface area contributed by atoms with Crippen LogP contribution < -0.4 is 4.90 Å². The number of nitrogens with zero attached hydrogens (tertiary/aromatic N) is 3. The van der Waals surface area contributed by atoms with Crippen LogP contribution in [-0.2, 0) is 4.79 Å². The first kappa shape index (κ1) is 19.7. The first-order valence-electron chi connectivity index (χ1n) is 8.83. The lowest BCUT2D eigenvalue weighted by molar-refractivity contribution is -0.113. The summed E-state index contributed by atoms with van der Waals surface area (Å²) < 4.78 is 0. The molecular weight excluding hydrogens is 380 g/mol. The van der Waals surface area contributed by atoms with Crippen molar-refractivity contribution >= 4 is 35.0 Å². The molecule has 2 heterocycles. The number of halogens is 1. The van der Waals surface area contributed by atoms with Crippen LogP contribution >= 0.6 is 11.6 Å². The lowest BCUT2D eigenvalue weighted by atomic mass is 10.1. The average molecular weight is 401 g/mol. The zero-order valence-corrected chi connectivity index (χ0v) is 16.3. The second kappa shape index (κ2) is 8.31. The number of benzene rings is 1. The van der Waals surface area contributed by atoms with Crippen molar-refractivity contribution in [3.8, 4) is 0 Å². The summed E-state index contributed by atoms with van der Waals surface area (Å²) in [7, 11) is 1.65. The molecule has 1 aromatic heterocycles. The predicted molar refractivity (Wildman–Crippen MR) is 108 cm³/mol. The maximum absolute atomic E-state index is 12.7. The fourth-order valence-corrected chi connectivity index (χ4v) is 3.21. The van der Waals surface area contributed by atoms with E-state index in [-0.39, 0.29) is 17.7 Å². The highest BCUT2D eigenvalue weighted by molar-refractivity contribution is 6.30. The van der Waals surface area contributed by atoms with Gasteiger partial charge in [0.1, 0.15) is 5.69 Å². The van der Waals surface area contributed by atoms with Gasteiger partial charge in [-0.25, -0.2) is 0 Å². The van der Waals surface area contributed by atoms with Crippen molar-refractivity contribution in [2.45, 2.75) is 0 Å². The molecule has 0 spiro atoms. The summed E-state index contributed by atoms with van der Waals surface area (Å²) in [4.78, 5) is 44.5. The van der Waals surface area contributed by atoms with Crippen molar-refractivity contribution in [2.24, 2.45) is 0 Å². The molecule has 0 aliphatic carbocycles. The van der Waals surface area contributed by atoms with Crippen LogP contribution in [0.15, 0.2) is 49.2 Å². The first-order chi connectivity index (χ1) is 13.4. The van der Waals surface area contributed by atoms with Crippen molar-refractivity contribution < 1.29 is 14.4 Å². The Hall–Kier alpha value is -3.06. The summed E-state index contributed by atoms with van der Waals surface area (Å²) in [6, 6.07) is 8.44. The molecule has 146 valence electrons. The largest absolute Gasteiger partial charge is 0.356 e. The lowest BCUT2D eigenvalue weighted by Gasteiger charge is -2.34. The average Bonchev–Trinajstić information content (AvgIpc) is 3.18. The molecule has 2 aromatic rings. The minimum atomic E-state index is -0.219. The van der Waals surface area contributed by atoms with Crippen LogP contribution in [-0.4, -0.2) is 65.7 Å². The Morgan fingerprint density at radius 2 is 1.64 bits per heavy atom. The number of carbonyl (C=O) groups is 3. The zero-order valence-electron chi connectivity index (χ0n) is 15.5. The van der Waals surface area contributed by atoms with Gasteiger partial charge in [0, 0.05) is 50.7 Å². The molecule has 1 saturated heterocycles. The summed E-state index contributed by atoms with van der Waals surface area (Å²) in [5.41, 5.74) is 1.67. The maximum atomic E-state index is 12.7. The molecule has 0 saturated carbocycles. The van der Waals surface area contributed by atoms with Crippen LogP contribution in [0.1, 0.15) is 20.8 Å². The highest BCUT2D eigenvalue weighted by Crippen LogP contribution is 2.17. The molecule has 1 aliphatic heterocycles. The van der Waals surface area contributed by atoms with E-state index in [1.807, 2.05) is 0 Å². The van der Waals surface area contributed by atoms with Gasteiger partial charge in [-0.3, -0.25) is 14.4 Å². The second-order valence-corrected chi connectivity index (χ2v) is 6.90. The summed E-state index contributed by atoms with van der Waals surface area (Å²) in [5.74, 6) is -0.444. The van der Waals surface area contributed by atoms with Crippen molar-refractivity contribution in [1.82, 2.24) is 14.8 Å². The first-order valence-corrected chi connectivity index (χ1v) is 9.21. The highest BCUT2D eigenvalue weighted by atomic mass is 35.5. The minimum absolute atomic E-state index is 0.0979. The number of piperazine rings is 1. The van der Waals surface area contributed by atoms with E-state index >= 15 is 0 Å². The monoisotopic (exact) mass is 400 g/mol. The fourth-order valence-electron chi connectivity index (χ4n) is 3.05. The number of hydrogen-bond donors (Lipinski definition) is 1. The molecule has 7 nitrogen and oxygen atoms in total. The number of H-pyrrole nitrogens is 1. The third kappa shape index (κ3) is 4.09. The Labute approximate surface area is 168 Å². The van der Waals surface area contributed by atoms with Gasteiger partial charge < -0.3 is 19.7 Å². The van der Waals surface area contributed by atoms with Crippen LogP contribution in [0.4, 0.5) is 5.69 Å². The number of hydrogen-bond acceptors (Lipinski definition) is 3. The minimum Gasteiger partial charge on any atom is -0.356 e. The van der Waals surface area contributed by atoms with E-state index in [1.54, 1.807) is 53.4 Å². The molecule has 28 heavy (non-hydrogen) atoms. The van der Waals surface area contributed by atoms with E-state index in [2.05, 4.69) is 11.6 Å². The number of likely N-dealkylation sites (N-methyl/N-ethyl adjacent to an activating group) is 1. The summed E-state index contributed by atoms with van der Waals surface area (Å²) in [6.07, 6.45) is 2.80. The van der Waals surface area contributed by atoms with Crippen LogP contribution in [0, 0.1) is 0 Å². The van der Waals surface area contributed by atoms with Gasteiger partial charge >= 0.3 is 0 Å². The van der Waals surface area contributed by atoms with Crippen molar-refractivity contribution in [3.63, 3.8) is 0 Å². The van der Waals surface area contributed by atoms with Gasteiger partial charge in [-0.2, -0.15) is 0 Å². The van der Waals surface area contributed by atoms with Gasteiger partial charge in [-0.05, 0) is 36.4 Å². The highest BCUT2D eigenvalue weighted by Gasteiger charge is 2.26. The van der Waals surface area contributed by atoms with E-state index in [0.717, 1.165) is 0 Å². The summed E-state index contributed by atoms with van der Waals surface area (Å²) >= 11 is 5.85. The molecule has 0 radical (unpaired) electrons. The zero-order chi connectivity index (χ0) is 20.3.